The first-order valence-electron chi connectivity index (χ1n) is 6.18. The van der Waals surface area contributed by atoms with Crippen LogP contribution >= 0.6 is 0 Å². The molecule has 5 heteroatoms. The van der Waals surface area contributed by atoms with E-state index in [1.807, 2.05) is 46.8 Å². The second-order valence-corrected chi connectivity index (χ2v) is 3.20. The molecule has 1 aromatic rings. The van der Waals surface area contributed by atoms with Gasteiger partial charge in [-0.1, -0.05) is 27.7 Å². The molecule has 0 aliphatic carbocycles. The molecule has 18 heavy (non-hydrogen) atoms. The van der Waals surface area contributed by atoms with Crippen LogP contribution in [0, 0.1) is 6.92 Å². The maximum Gasteiger partial charge on any atom is 0.169 e. The zero-order valence-corrected chi connectivity index (χ0v) is 12.4. The van der Waals surface area contributed by atoms with Gasteiger partial charge < -0.3 is 11.6 Å². The van der Waals surface area contributed by atoms with Gasteiger partial charge in [-0.15, -0.1) is 0 Å². The van der Waals surface area contributed by atoms with Gasteiger partial charge in [0.25, 0.3) is 0 Å². The van der Waals surface area contributed by atoms with Gasteiger partial charge >= 0.3 is 0 Å². The largest absolute Gasteiger partial charge is 0.399 e. The molecular formula is C13H27N5. The van der Waals surface area contributed by atoms with Gasteiger partial charge in [-0.25, -0.2) is 5.84 Å². The molecule has 1 rings (SSSR count). The number of nitrogen functional groups attached to an aromatic ring is 1. The Balaban J connectivity index is 0. The van der Waals surface area contributed by atoms with E-state index in [1.165, 1.54) is 5.01 Å². The Labute approximate surface area is 111 Å². The molecule has 5 nitrogen and oxygen atoms in total. The third-order valence-electron chi connectivity index (χ3n) is 1.81. The van der Waals surface area contributed by atoms with Crippen molar-refractivity contribution in [3.05, 3.63) is 29.3 Å². The summed E-state index contributed by atoms with van der Waals surface area (Å²) in [4.78, 5) is 0. The highest BCUT2D eigenvalue weighted by molar-refractivity contribution is 5.98. The van der Waals surface area contributed by atoms with E-state index in [0.717, 1.165) is 11.1 Å². The summed E-state index contributed by atoms with van der Waals surface area (Å²) in [5.74, 6) is 11.3. The Morgan fingerprint density at radius 3 is 1.94 bits per heavy atom. The summed E-state index contributed by atoms with van der Waals surface area (Å²) in [6, 6.07) is 5.57. The van der Waals surface area contributed by atoms with E-state index in [2.05, 4.69) is 5.10 Å². The van der Waals surface area contributed by atoms with Crippen LogP contribution in [0.15, 0.2) is 23.3 Å². The van der Waals surface area contributed by atoms with E-state index in [0.29, 0.717) is 11.5 Å². The molecule has 0 fully saturated rings. The summed E-state index contributed by atoms with van der Waals surface area (Å²) in [6.07, 6.45) is 0. The van der Waals surface area contributed by atoms with Gasteiger partial charge in [0, 0.05) is 18.3 Å². The second kappa shape index (κ2) is 10.4. The summed E-state index contributed by atoms with van der Waals surface area (Å²) >= 11 is 0. The highest BCUT2D eigenvalue weighted by Crippen LogP contribution is 2.12. The Morgan fingerprint density at radius 1 is 1.11 bits per heavy atom. The fraction of sp³-hybridized carbons (Fsp3) is 0.462. The molecule has 0 saturated heterocycles. The number of anilines is 1. The zero-order chi connectivity index (χ0) is 14.7. The van der Waals surface area contributed by atoms with Crippen molar-refractivity contribution in [3.63, 3.8) is 0 Å². The lowest BCUT2D eigenvalue weighted by Crippen LogP contribution is -2.34. The van der Waals surface area contributed by atoms with Crippen molar-refractivity contribution in [3.8, 4) is 0 Å². The van der Waals surface area contributed by atoms with Crippen LogP contribution in [0.3, 0.4) is 0 Å². The van der Waals surface area contributed by atoms with Gasteiger partial charge in [0.05, 0.1) is 0 Å². The molecule has 0 radical (unpaired) electrons. The van der Waals surface area contributed by atoms with E-state index in [4.69, 9.17) is 17.4 Å². The first kappa shape index (κ1) is 18.6. The summed E-state index contributed by atoms with van der Waals surface area (Å²) in [5, 5.41) is 4.96. The van der Waals surface area contributed by atoms with E-state index in [1.54, 1.807) is 13.1 Å². The summed E-state index contributed by atoms with van der Waals surface area (Å²) in [7, 11) is 1.67. The number of nitrogens with zero attached hydrogens (tertiary/aromatic N) is 2. The Morgan fingerprint density at radius 2 is 1.61 bits per heavy atom. The lowest BCUT2D eigenvalue weighted by atomic mass is 10.1. The van der Waals surface area contributed by atoms with Crippen molar-refractivity contribution in [2.24, 2.45) is 16.8 Å². The number of amidine groups is 1. The topological polar surface area (TPSA) is 93.7 Å². The standard InChI is InChI=1S/C9H15N5.2C2H6/c1-6-3-7(5-8(10)4-6)9(13-11)14(2)12;2*1-2/h3-5H,10-12H2,1-2H3;2*1-2H3/b13-9-;;. The molecule has 0 unspecified atom stereocenters. The fourth-order valence-electron chi connectivity index (χ4n) is 1.31. The van der Waals surface area contributed by atoms with Crippen LogP contribution in [0.5, 0.6) is 0 Å². The monoisotopic (exact) mass is 253 g/mol. The third-order valence-corrected chi connectivity index (χ3v) is 1.81. The van der Waals surface area contributed by atoms with Gasteiger partial charge in [0.1, 0.15) is 0 Å². The SMILES string of the molecule is CC.CC.Cc1cc(N)cc(/C(=N/N)N(C)N)c1. The van der Waals surface area contributed by atoms with Gasteiger partial charge in [0.2, 0.25) is 0 Å². The third kappa shape index (κ3) is 6.10. The molecule has 104 valence electrons. The number of hydrazine groups is 1. The lowest BCUT2D eigenvalue weighted by molar-refractivity contribution is 0.537. The Bertz CT molecular complexity index is 338. The summed E-state index contributed by atoms with van der Waals surface area (Å²) < 4.78 is 0. The predicted octanol–water partition coefficient (Wildman–Crippen LogP) is 2.06. The fourth-order valence-corrected chi connectivity index (χ4v) is 1.31. The molecule has 0 atom stereocenters. The van der Waals surface area contributed by atoms with Crippen LogP contribution in [0.1, 0.15) is 38.8 Å². The minimum atomic E-state index is 0.500. The first-order chi connectivity index (χ1) is 8.54. The number of benzene rings is 1. The molecule has 0 amide bonds. The van der Waals surface area contributed by atoms with E-state index >= 15 is 0 Å². The zero-order valence-electron chi connectivity index (χ0n) is 12.4. The molecule has 0 bridgehead atoms. The van der Waals surface area contributed by atoms with Crippen molar-refractivity contribution < 1.29 is 0 Å². The molecule has 0 spiro atoms. The maximum absolute atomic E-state index is 5.70. The second-order valence-electron chi connectivity index (χ2n) is 3.20. The molecule has 6 N–H and O–H groups in total. The Hall–Kier alpha value is -1.75. The van der Waals surface area contributed by atoms with Crippen LogP contribution in [0.4, 0.5) is 5.69 Å². The van der Waals surface area contributed by atoms with Gasteiger partial charge in [-0.2, -0.15) is 5.10 Å². The van der Waals surface area contributed by atoms with Crippen molar-refractivity contribution >= 4 is 11.5 Å². The van der Waals surface area contributed by atoms with Crippen molar-refractivity contribution in [2.45, 2.75) is 34.6 Å². The number of hydrogen-bond acceptors (Lipinski definition) is 4. The van der Waals surface area contributed by atoms with Crippen molar-refractivity contribution in [2.75, 3.05) is 12.8 Å². The molecule has 0 saturated carbocycles. The lowest BCUT2D eigenvalue weighted by Gasteiger charge is -2.15. The Kier molecular flexibility index (Phi) is 10.8. The number of nitrogens with two attached hydrogens (primary N) is 3. The molecule has 0 aliphatic heterocycles. The van der Waals surface area contributed by atoms with Gasteiger partial charge in [-0.3, -0.25) is 5.01 Å². The van der Waals surface area contributed by atoms with Gasteiger partial charge in [0.15, 0.2) is 5.84 Å². The average Bonchev–Trinajstić information content (AvgIpc) is 2.33. The quantitative estimate of drug-likeness (QED) is 0.235. The number of hydrazone groups is 1. The number of aryl methyl sites for hydroxylation is 1. The molecule has 0 heterocycles. The number of hydrogen-bond donors (Lipinski definition) is 3. The van der Waals surface area contributed by atoms with Crippen molar-refractivity contribution in [1.82, 2.24) is 5.01 Å². The van der Waals surface area contributed by atoms with Crippen LogP contribution in [0.2, 0.25) is 0 Å². The average molecular weight is 253 g/mol. The molecular weight excluding hydrogens is 226 g/mol. The predicted molar refractivity (Wildman–Crippen MR) is 81.0 cm³/mol. The van der Waals surface area contributed by atoms with E-state index in [9.17, 15) is 0 Å². The van der Waals surface area contributed by atoms with E-state index in [-0.39, 0.29) is 0 Å². The maximum atomic E-state index is 5.70. The molecule has 1 aromatic carbocycles. The normalized spacial score (nSPS) is 9.61. The van der Waals surface area contributed by atoms with Crippen LogP contribution < -0.4 is 17.4 Å². The van der Waals surface area contributed by atoms with E-state index < -0.39 is 0 Å². The van der Waals surface area contributed by atoms with Gasteiger partial charge in [-0.05, 0) is 30.7 Å². The minimum absolute atomic E-state index is 0.500. The minimum Gasteiger partial charge on any atom is -0.399 e. The smallest absolute Gasteiger partial charge is 0.169 e. The van der Waals surface area contributed by atoms with Crippen LogP contribution in [-0.4, -0.2) is 17.9 Å². The summed E-state index contributed by atoms with van der Waals surface area (Å²) in [6.45, 7) is 9.95. The molecule has 0 aliphatic rings. The highest BCUT2D eigenvalue weighted by Gasteiger charge is 2.07. The first-order valence-corrected chi connectivity index (χ1v) is 6.18. The van der Waals surface area contributed by atoms with Crippen molar-refractivity contribution in [1.29, 1.82) is 0 Å². The summed E-state index contributed by atoms with van der Waals surface area (Å²) in [5.41, 5.74) is 8.23. The number of rotatable bonds is 1. The highest BCUT2D eigenvalue weighted by atomic mass is 15.4. The molecule has 0 aromatic heterocycles. The van der Waals surface area contributed by atoms with Crippen LogP contribution in [0.25, 0.3) is 0 Å². The van der Waals surface area contributed by atoms with Crippen LogP contribution in [-0.2, 0) is 0 Å².